The predicted octanol–water partition coefficient (Wildman–Crippen LogP) is 1.20. The summed E-state index contributed by atoms with van der Waals surface area (Å²) >= 11 is 0. The molecule has 0 amide bonds. The van der Waals surface area contributed by atoms with Gasteiger partial charge >= 0.3 is 0 Å². The fourth-order valence-corrected chi connectivity index (χ4v) is 4.04. The molecule has 2 rings (SSSR count). The molecular formula is C13H21N3O3S. The van der Waals surface area contributed by atoms with Crippen molar-refractivity contribution in [1.82, 2.24) is 13.9 Å². The van der Waals surface area contributed by atoms with E-state index in [0.29, 0.717) is 12.4 Å². The largest absolute Gasteiger partial charge is 0.334 e. The second-order valence-electron chi connectivity index (χ2n) is 5.22. The Balaban J connectivity index is 2.25. The van der Waals surface area contributed by atoms with Gasteiger partial charge in [0.05, 0.1) is 0 Å². The molecule has 112 valence electrons. The number of aromatic nitrogens is 2. The lowest BCUT2D eigenvalue weighted by Gasteiger charge is -2.28. The Kier molecular flexibility index (Phi) is 4.59. The highest BCUT2D eigenvalue weighted by Gasteiger charge is 2.32. The molecule has 1 atom stereocenters. The predicted molar refractivity (Wildman–Crippen MR) is 74.8 cm³/mol. The molecule has 0 aromatic carbocycles. The van der Waals surface area contributed by atoms with Gasteiger partial charge in [0.1, 0.15) is 12.1 Å². The number of carbonyl (C=O) groups is 1. The monoisotopic (exact) mass is 299 g/mol. The van der Waals surface area contributed by atoms with Gasteiger partial charge in [-0.2, -0.15) is 4.31 Å². The third kappa shape index (κ3) is 2.93. The number of aryl methyl sites for hydroxylation is 2. The van der Waals surface area contributed by atoms with Crippen LogP contribution in [0, 0.1) is 12.8 Å². The van der Waals surface area contributed by atoms with E-state index >= 15 is 0 Å². The second kappa shape index (κ2) is 6.05. The smallest absolute Gasteiger partial charge is 0.262 e. The van der Waals surface area contributed by atoms with E-state index in [1.165, 1.54) is 4.31 Å². The normalized spacial score (nSPS) is 21.0. The van der Waals surface area contributed by atoms with Crippen LogP contribution in [-0.2, 0) is 21.4 Å². The first-order chi connectivity index (χ1) is 9.48. The van der Waals surface area contributed by atoms with Gasteiger partial charge in [-0.15, -0.1) is 0 Å². The topological polar surface area (TPSA) is 72.3 Å². The molecule has 1 unspecified atom stereocenters. The minimum Gasteiger partial charge on any atom is -0.334 e. The molecule has 1 aliphatic rings. The quantitative estimate of drug-likeness (QED) is 0.766. The van der Waals surface area contributed by atoms with Crippen LogP contribution < -0.4 is 0 Å². The van der Waals surface area contributed by atoms with E-state index in [9.17, 15) is 13.2 Å². The summed E-state index contributed by atoms with van der Waals surface area (Å²) in [5.41, 5.74) is 0. The maximum atomic E-state index is 12.6. The lowest BCUT2D eigenvalue weighted by atomic mass is 10.0. The highest BCUT2D eigenvalue weighted by Crippen LogP contribution is 2.22. The Labute approximate surface area is 119 Å². The Hall–Kier alpha value is -1.21. The van der Waals surface area contributed by atoms with Crippen molar-refractivity contribution in [3.8, 4) is 0 Å². The number of nitrogens with zero attached hydrogens (tertiary/aromatic N) is 3. The molecule has 20 heavy (non-hydrogen) atoms. The minimum absolute atomic E-state index is 0.0926. The number of carbonyl (C=O) groups excluding carboxylic acids is 1. The summed E-state index contributed by atoms with van der Waals surface area (Å²) in [5, 5.41) is 0.0926. The summed E-state index contributed by atoms with van der Waals surface area (Å²) in [5.74, 6) is 0.506. The van der Waals surface area contributed by atoms with E-state index in [-0.39, 0.29) is 17.5 Å². The van der Waals surface area contributed by atoms with Crippen LogP contribution in [-0.4, -0.2) is 41.6 Å². The Morgan fingerprint density at radius 2 is 2.25 bits per heavy atom. The molecule has 0 spiro atoms. The Morgan fingerprint density at radius 1 is 1.50 bits per heavy atom. The van der Waals surface area contributed by atoms with Crippen molar-refractivity contribution in [3.63, 3.8) is 0 Å². The van der Waals surface area contributed by atoms with Gasteiger partial charge in [0.15, 0.2) is 5.03 Å². The van der Waals surface area contributed by atoms with E-state index in [1.54, 1.807) is 13.1 Å². The summed E-state index contributed by atoms with van der Waals surface area (Å²) in [7, 11) is -3.58. The molecule has 0 radical (unpaired) electrons. The molecule has 1 aromatic heterocycles. The average molecular weight is 299 g/mol. The molecule has 6 nitrogen and oxygen atoms in total. The van der Waals surface area contributed by atoms with Gasteiger partial charge < -0.3 is 9.36 Å². The zero-order valence-corrected chi connectivity index (χ0v) is 12.8. The first kappa shape index (κ1) is 15.2. The summed E-state index contributed by atoms with van der Waals surface area (Å²) in [6.45, 7) is 5.33. The van der Waals surface area contributed by atoms with Crippen LogP contribution in [0.4, 0.5) is 0 Å². The van der Waals surface area contributed by atoms with Crippen LogP contribution in [0.2, 0.25) is 0 Å². The lowest BCUT2D eigenvalue weighted by molar-refractivity contribution is -0.112. The minimum atomic E-state index is -3.58. The van der Waals surface area contributed by atoms with Crippen molar-refractivity contribution in [2.75, 3.05) is 13.1 Å². The summed E-state index contributed by atoms with van der Waals surface area (Å²) in [4.78, 5) is 15.0. The number of sulfonamides is 1. The molecule has 2 heterocycles. The first-order valence-corrected chi connectivity index (χ1v) is 8.42. The number of imidazole rings is 1. The fourth-order valence-electron chi connectivity index (χ4n) is 2.51. The van der Waals surface area contributed by atoms with Crippen molar-refractivity contribution in [1.29, 1.82) is 0 Å². The molecule has 1 fully saturated rings. The maximum Gasteiger partial charge on any atom is 0.262 e. The van der Waals surface area contributed by atoms with Gasteiger partial charge in [-0.25, -0.2) is 13.4 Å². The van der Waals surface area contributed by atoms with Crippen LogP contribution in [0.3, 0.4) is 0 Å². The van der Waals surface area contributed by atoms with Crippen molar-refractivity contribution in [3.05, 3.63) is 12.0 Å². The van der Waals surface area contributed by atoms with Gasteiger partial charge in [-0.1, -0.05) is 6.92 Å². The number of piperidine rings is 1. The Morgan fingerprint density at radius 3 is 2.90 bits per heavy atom. The van der Waals surface area contributed by atoms with Gasteiger partial charge in [0.25, 0.3) is 10.0 Å². The maximum absolute atomic E-state index is 12.6. The SMILES string of the molecule is CCCn1cc(S(=O)(=O)N2CCCC(C=O)C2)nc1C. The van der Waals surface area contributed by atoms with Crippen molar-refractivity contribution in [2.45, 2.75) is 44.7 Å². The summed E-state index contributed by atoms with van der Waals surface area (Å²) in [6, 6.07) is 0. The second-order valence-corrected chi connectivity index (χ2v) is 7.11. The third-order valence-corrected chi connectivity index (χ3v) is 5.37. The van der Waals surface area contributed by atoms with E-state index in [4.69, 9.17) is 0 Å². The molecular weight excluding hydrogens is 278 g/mol. The molecule has 1 saturated heterocycles. The first-order valence-electron chi connectivity index (χ1n) is 6.98. The van der Waals surface area contributed by atoms with Gasteiger partial charge in [-0.3, -0.25) is 0 Å². The lowest BCUT2D eigenvalue weighted by Crippen LogP contribution is -2.40. The van der Waals surface area contributed by atoms with Gasteiger partial charge in [0, 0.05) is 31.7 Å². The van der Waals surface area contributed by atoms with Crippen molar-refractivity contribution < 1.29 is 13.2 Å². The molecule has 1 aromatic rings. The fraction of sp³-hybridized carbons (Fsp3) is 0.692. The highest BCUT2D eigenvalue weighted by molar-refractivity contribution is 7.89. The van der Waals surface area contributed by atoms with E-state index in [0.717, 1.165) is 32.1 Å². The molecule has 0 bridgehead atoms. The average Bonchev–Trinajstić information content (AvgIpc) is 2.81. The van der Waals surface area contributed by atoms with E-state index in [1.807, 2.05) is 11.5 Å². The van der Waals surface area contributed by atoms with Gasteiger partial charge in [0.2, 0.25) is 0 Å². The zero-order valence-electron chi connectivity index (χ0n) is 11.9. The van der Waals surface area contributed by atoms with E-state index < -0.39 is 10.0 Å². The van der Waals surface area contributed by atoms with Crippen LogP contribution in [0.1, 0.15) is 32.0 Å². The number of rotatable bonds is 5. The molecule has 0 N–H and O–H groups in total. The highest BCUT2D eigenvalue weighted by atomic mass is 32.2. The molecule has 0 saturated carbocycles. The summed E-state index contributed by atoms with van der Waals surface area (Å²) in [6.07, 6.45) is 4.85. The number of hydrogen-bond acceptors (Lipinski definition) is 4. The number of aldehydes is 1. The Bertz CT molecular complexity index is 580. The number of hydrogen-bond donors (Lipinski definition) is 0. The molecule has 0 aliphatic carbocycles. The summed E-state index contributed by atoms with van der Waals surface area (Å²) < 4.78 is 28.3. The van der Waals surface area contributed by atoms with E-state index in [2.05, 4.69) is 4.98 Å². The van der Waals surface area contributed by atoms with Crippen LogP contribution in [0.25, 0.3) is 0 Å². The zero-order chi connectivity index (χ0) is 14.8. The van der Waals surface area contributed by atoms with Crippen molar-refractivity contribution in [2.24, 2.45) is 5.92 Å². The third-order valence-electron chi connectivity index (χ3n) is 3.64. The van der Waals surface area contributed by atoms with Crippen LogP contribution in [0.5, 0.6) is 0 Å². The van der Waals surface area contributed by atoms with Crippen LogP contribution in [0.15, 0.2) is 11.2 Å². The van der Waals surface area contributed by atoms with Crippen LogP contribution >= 0.6 is 0 Å². The molecule has 1 aliphatic heterocycles. The standard InChI is InChI=1S/C13H21N3O3S/c1-3-6-15-9-13(14-11(15)2)20(18,19)16-7-4-5-12(8-16)10-17/h9-10,12H,3-8H2,1-2H3. The van der Waals surface area contributed by atoms with Gasteiger partial charge in [-0.05, 0) is 26.2 Å². The molecule has 7 heteroatoms. The van der Waals surface area contributed by atoms with Crippen molar-refractivity contribution >= 4 is 16.3 Å².